The number of thioether (sulfide) groups is 1. The van der Waals surface area contributed by atoms with Crippen molar-refractivity contribution < 1.29 is 23.5 Å². The van der Waals surface area contributed by atoms with Crippen molar-refractivity contribution >= 4 is 29.6 Å². The minimum Gasteiger partial charge on any atom is -0.493 e. The molecule has 0 saturated heterocycles. The number of methoxy groups -OCH3 is 1. The van der Waals surface area contributed by atoms with Gasteiger partial charge in [0.05, 0.1) is 17.6 Å². The van der Waals surface area contributed by atoms with E-state index in [9.17, 15) is 14.0 Å². The van der Waals surface area contributed by atoms with E-state index in [1.165, 1.54) is 43.1 Å². The number of Topliss-reactive ketones (excluding diaryl/α,β-unsaturated/α-hetero) is 1. The highest BCUT2D eigenvalue weighted by atomic mass is 32.2. The Morgan fingerprint density at radius 3 is 2.48 bits per heavy atom. The summed E-state index contributed by atoms with van der Waals surface area (Å²) in [4.78, 5) is 26.3. The van der Waals surface area contributed by atoms with Crippen LogP contribution in [0.15, 0.2) is 76.5 Å². The Balaban J connectivity index is 1.57. The Morgan fingerprint density at radius 1 is 1.00 bits per heavy atom. The maximum Gasteiger partial charge on any atom is 0.343 e. The second kappa shape index (κ2) is 7.93. The van der Waals surface area contributed by atoms with Gasteiger partial charge in [0.15, 0.2) is 11.5 Å². The van der Waals surface area contributed by atoms with Gasteiger partial charge in [0.1, 0.15) is 5.82 Å². The molecule has 1 aliphatic rings. The molecule has 0 bridgehead atoms. The Bertz CT molecular complexity index is 1140. The summed E-state index contributed by atoms with van der Waals surface area (Å²) in [7, 11) is 1.47. The van der Waals surface area contributed by atoms with Crippen LogP contribution in [0.2, 0.25) is 0 Å². The van der Waals surface area contributed by atoms with Crippen LogP contribution in [0.3, 0.4) is 0 Å². The van der Waals surface area contributed by atoms with Crippen LogP contribution in [0.5, 0.6) is 11.5 Å². The fourth-order valence-electron chi connectivity index (χ4n) is 2.89. The lowest BCUT2D eigenvalue weighted by Gasteiger charge is -2.10. The lowest BCUT2D eigenvalue weighted by Crippen LogP contribution is -2.09. The molecule has 4 nitrogen and oxygen atoms in total. The molecular weight excluding hydrogens is 391 g/mol. The monoisotopic (exact) mass is 406 g/mol. The van der Waals surface area contributed by atoms with Crippen LogP contribution in [0.1, 0.15) is 26.3 Å². The normalized spacial score (nSPS) is 14.0. The fourth-order valence-corrected chi connectivity index (χ4v) is 3.94. The van der Waals surface area contributed by atoms with E-state index in [0.717, 1.165) is 10.5 Å². The Hall–Kier alpha value is -3.38. The van der Waals surface area contributed by atoms with E-state index in [0.29, 0.717) is 16.2 Å². The highest BCUT2D eigenvalue weighted by Crippen LogP contribution is 2.41. The van der Waals surface area contributed by atoms with Gasteiger partial charge in [-0.05, 0) is 60.2 Å². The van der Waals surface area contributed by atoms with Gasteiger partial charge >= 0.3 is 5.97 Å². The second-order valence-electron chi connectivity index (χ2n) is 6.24. The molecule has 0 N–H and O–H groups in total. The maximum absolute atomic E-state index is 13.0. The molecule has 1 heterocycles. The first-order valence-electron chi connectivity index (χ1n) is 8.74. The third-order valence-corrected chi connectivity index (χ3v) is 5.44. The molecule has 0 spiro atoms. The summed E-state index contributed by atoms with van der Waals surface area (Å²) in [6.07, 6.45) is 1.78. The second-order valence-corrected chi connectivity index (χ2v) is 7.33. The van der Waals surface area contributed by atoms with Crippen molar-refractivity contribution in [1.29, 1.82) is 0 Å². The van der Waals surface area contributed by atoms with Gasteiger partial charge in [0.2, 0.25) is 5.78 Å². The van der Waals surface area contributed by atoms with Crippen molar-refractivity contribution in [3.8, 4) is 11.5 Å². The van der Waals surface area contributed by atoms with Crippen LogP contribution in [0.4, 0.5) is 4.39 Å². The van der Waals surface area contributed by atoms with E-state index in [2.05, 4.69) is 0 Å². The number of esters is 1. The van der Waals surface area contributed by atoms with Gasteiger partial charge < -0.3 is 9.47 Å². The van der Waals surface area contributed by atoms with Gasteiger partial charge in [-0.3, -0.25) is 4.79 Å². The smallest absolute Gasteiger partial charge is 0.343 e. The van der Waals surface area contributed by atoms with Crippen LogP contribution in [0.25, 0.3) is 6.08 Å². The first-order valence-corrected chi connectivity index (χ1v) is 9.56. The van der Waals surface area contributed by atoms with E-state index < -0.39 is 11.8 Å². The molecule has 144 valence electrons. The predicted octanol–water partition coefficient (Wildman–Crippen LogP) is 5.38. The topological polar surface area (TPSA) is 52.6 Å². The third-order valence-electron chi connectivity index (χ3n) is 4.34. The van der Waals surface area contributed by atoms with Crippen molar-refractivity contribution in [3.63, 3.8) is 0 Å². The highest BCUT2D eigenvalue weighted by Gasteiger charge is 2.25. The summed E-state index contributed by atoms with van der Waals surface area (Å²) in [5.74, 6) is -0.485. The average Bonchev–Trinajstić information content (AvgIpc) is 3.05. The summed E-state index contributed by atoms with van der Waals surface area (Å²) < 4.78 is 23.7. The molecule has 0 fully saturated rings. The van der Waals surface area contributed by atoms with Gasteiger partial charge in [-0.2, -0.15) is 0 Å². The van der Waals surface area contributed by atoms with E-state index >= 15 is 0 Å². The van der Waals surface area contributed by atoms with Crippen molar-refractivity contribution in [2.45, 2.75) is 4.90 Å². The lowest BCUT2D eigenvalue weighted by atomic mass is 10.1. The van der Waals surface area contributed by atoms with Crippen LogP contribution in [-0.4, -0.2) is 18.9 Å². The van der Waals surface area contributed by atoms with E-state index in [-0.39, 0.29) is 17.1 Å². The minimum atomic E-state index is -0.619. The number of hydrogen-bond acceptors (Lipinski definition) is 5. The molecule has 3 aromatic carbocycles. The summed E-state index contributed by atoms with van der Waals surface area (Å²) in [6.45, 7) is 0. The molecule has 6 heteroatoms. The highest BCUT2D eigenvalue weighted by molar-refractivity contribution is 8.04. The van der Waals surface area contributed by atoms with Gasteiger partial charge in [0, 0.05) is 10.5 Å². The quantitative estimate of drug-likeness (QED) is 0.331. The molecule has 3 aromatic rings. The van der Waals surface area contributed by atoms with E-state index in [1.54, 1.807) is 24.3 Å². The van der Waals surface area contributed by atoms with Gasteiger partial charge in [0.25, 0.3) is 0 Å². The number of ether oxygens (including phenoxy) is 2. The molecule has 29 heavy (non-hydrogen) atoms. The molecule has 0 amide bonds. The number of carbonyl (C=O) groups excluding carboxylic acids is 2. The zero-order valence-electron chi connectivity index (χ0n) is 15.3. The molecule has 0 aromatic heterocycles. The van der Waals surface area contributed by atoms with Crippen molar-refractivity contribution in [2.75, 3.05) is 7.11 Å². The number of allylic oxidation sites excluding steroid dienone is 1. The average molecular weight is 406 g/mol. The van der Waals surface area contributed by atoms with Gasteiger partial charge in [-0.1, -0.05) is 30.0 Å². The minimum absolute atomic E-state index is 0.0172. The molecule has 0 aliphatic carbocycles. The number of ketones is 1. The zero-order valence-corrected chi connectivity index (χ0v) is 16.2. The van der Waals surface area contributed by atoms with Crippen LogP contribution in [0, 0.1) is 5.82 Å². The third kappa shape index (κ3) is 3.93. The summed E-state index contributed by atoms with van der Waals surface area (Å²) in [5, 5.41) is 0. The Labute approximate surface area is 171 Å². The lowest BCUT2D eigenvalue weighted by molar-refractivity contribution is 0.0729. The first kappa shape index (κ1) is 19.0. The Kier molecular flexibility index (Phi) is 5.18. The number of hydrogen-bond donors (Lipinski definition) is 0. The summed E-state index contributed by atoms with van der Waals surface area (Å²) in [6, 6.07) is 17.6. The molecule has 1 aliphatic heterocycles. The van der Waals surface area contributed by atoms with Gasteiger partial charge in [-0.15, -0.1) is 0 Å². The summed E-state index contributed by atoms with van der Waals surface area (Å²) >= 11 is 1.42. The summed E-state index contributed by atoms with van der Waals surface area (Å²) in [5.41, 5.74) is 1.66. The van der Waals surface area contributed by atoms with Crippen molar-refractivity contribution in [1.82, 2.24) is 0 Å². The van der Waals surface area contributed by atoms with Gasteiger partial charge in [-0.25, -0.2) is 9.18 Å². The zero-order chi connectivity index (χ0) is 20.4. The maximum atomic E-state index is 13.0. The fraction of sp³-hybridized carbons (Fsp3) is 0.0435. The standard InChI is InChI=1S/C23H15FO4S/c1-27-19-12-14(13-21-22(25)17-4-2-3-5-20(17)29-21)6-11-18(19)28-23(26)15-7-9-16(24)10-8-15/h2-13H,1H3/b21-13-. The van der Waals surface area contributed by atoms with Crippen LogP contribution < -0.4 is 9.47 Å². The van der Waals surface area contributed by atoms with E-state index in [1.807, 2.05) is 24.3 Å². The van der Waals surface area contributed by atoms with Crippen molar-refractivity contribution in [2.24, 2.45) is 0 Å². The van der Waals surface area contributed by atoms with Crippen molar-refractivity contribution in [3.05, 3.63) is 94.1 Å². The molecule has 4 rings (SSSR count). The number of halogens is 1. The molecular formula is C23H15FO4S. The Morgan fingerprint density at radius 2 is 1.76 bits per heavy atom. The molecule has 0 radical (unpaired) electrons. The predicted molar refractivity (Wildman–Crippen MR) is 109 cm³/mol. The SMILES string of the molecule is COc1cc(/C=C2\Sc3ccccc3C2=O)ccc1OC(=O)c1ccc(F)cc1. The number of rotatable bonds is 4. The van der Waals surface area contributed by atoms with E-state index in [4.69, 9.17) is 9.47 Å². The molecule has 0 atom stereocenters. The molecule has 0 saturated carbocycles. The largest absolute Gasteiger partial charge is 0.493 e. The first-order chi connectivity index (χ1) is 14.0. The number of carbonyl (C=O) groups is 2. The molecule has 0 unspecified atom stereocenters. The van der Waals surface area contributed by atoms with Crippen LogP contribution in [-0.2, 0) is 0 Å². The number of benzene rings is 3. The number of fused-ring (bicyclic) bond motifs is 1. The van der Waals surface area contributed by atoms with Crippen LogP contribution >= 0.6 is 11.8 Å².